The van der Waals surface area contributed by atoms with E-state index in [1.807, 2.05) is 11.3 Å². The highest BCUT2D eigenvalue weighted by atomic mass is 79.9. The van der Waals surface area contributed by atoms with Crippen LogP contribution in [0.15, 0.2) is 15.9 Å². The molecule has 2 nitrogen and oxygen atoms in total. The van der Waals surface area contributed by atoms with E-state index in [1.54, 1.807) is 0 Å². The van der Waals surface area contributed by atoms with Crippen LogP contribution < -0.4 is 0 Å². The number of ether oxygens (including phenoxy) is 1. The molecule has 84 valence electrons. The zero-order valence-corrected chi connectivity index (χ0v) is 11.5. The van der Waals surface area contributed by atoms with Crippen LogP contribution in [0.2, 0.25) is 0 Å². The van der Waals surface area contributed by atoms with Crippen LogP contribution in [0.5, 0.6) is 0 Å². The molecule has 0 aromatic carbocycles. The first-order valence-corrected chi connectivity index (χ1v) is 6.86. The summed E-state index contributed by atoms with van der Waals surface area (Å²) < 4.78 is 6.93. The Kier molecular flexibility index (Phi) is 3.83. The first-order valence-electron chi connectivity index (χ1n) is 5.25. The molecule has 1 saturated heterocycles. The Bertz CT molecular complexity index is 318. The largest absolute Gasteiger partial charge is 0.373 e. The molecule has 0 spiro atoms. The van der Waals surface area contributed by atoms with Gasteiger partial charge in [-0.1, -0.05) is 0 Å². The van der Waals surface area contributed by atoms with Gasteiger partial charge >= 0.3 is 0 Å². The third kappa shape index (κ3) is 3.28. The monoisotopic (exact) mass is 289 g/mol. The molecule has 1 aromatic heterocycles. The topological polar surface area (TPSA) is 12.5 Å². The predicted octanol–water partition coefficient (Wildman–Crippen LogP) is 3.12. The van der Waals surface area contributed by atoms with Crippen molar-refractivity contribution in [2.75, 3.05) is 13.1 Å². The van der Waals surface area contributed by atoms with Crippen molar-refractivity contribution in [1.29, 1.82) is 0 Å². The van der Waals surface area contributed by atoms with Crippen molar-refractivity contribution in [1.82, 2.24) is 4.90 Å². The van der Waals surface area contributed by atoms with Gasteiger partial charge in [0.25, 0.3) is 0 Å². The van der Waals surface area contributed by atoms with Gasteiger partial charge in [0, 0.05) is 24.5 Å². The Morgan fingerprint density at radius 3 is 2.60 bits per heavy atom. The Morgan fingerprint density at radius 2 is 2.07 bits per heavy atom. The molecule has 0 N–H and O–H groups in total. The van der Waals surface area contributed by atoms with Gasteiger partial charge < -0.3 is 4.74 Å². The molecule has 1 aliphatic heterocycles. The molecule has 4 heteroatoms. The van der Waals surface area contributed by atoms with Crippen molar-refractivity contribution < 1.29 is 4.74 Å². The fraction of sp³-hybridized carbons (Fsp3) is 0.636. The molecule has 0 amide bonds. The van der Waals surface area contributed by atoms with Crippen LogP contribution in [-0.4, -0.2) is 30.2 Å². The molecule has 2 heterocycles. The van der Waals surface area contributed by atoms with Gasteiger partial charge in [0.15, 0.2) is 0 Å². The lowest BCUT2D eigenvalue weighted by Crippen LogP contribution is -2.44. The average molecular weight is 290 g/mol. The third-order valence-electron chi connectivity index (χ3n) is 2.50. The summed E-state index contributed by atoms with van der Waals surface area (Å²) in [4.78, 5) is 3.89. The van der Waals surface area contributed by atoms with Crippen molar-refractivity contribution in [2.45, 2.75) is 32.6 Å². The van der Waals surface area contributed by atoms with Crippen LogP contribution in [0.3, 0.4) is 0 Å². The van der Waals surface area contributed by atoms with Crippen LogP contribution in [0.25, 0.3) is 0 Å². The van der Waals surface area contributed by atoms with E-state index in [2.05, 4.69) is 46.8 Å². The van der Waals surface area contributed by atoms with Crippen molar-refractivity contribution in [3.8, 4) is 0 Å². The van der Waals surface area contributed by atoms with E-state index in [1.165, 1.54) is 8.66 Å². The fourth-order valence-electron chi connectivity index (χ4n) is 2.07. The number of rotatable bonds is 2. The first-order chi connectivity index (χ1) is 7.13. The highest BCUT2D eigenvalue weighted by molar-refractivity contribution is 9.11. The molecular formula is C11H16BrNOS. The lowest BCUT2D eigenvalue weighted by atomic mass is 10.2. The maximum absolute atomic E-state index is 5.71. The molecular weight excluding hydrogens is 274 g/mol. The summed E-state index contributed by atoms with van der Waals surface area (Å²) in [6, 6.07) is 4.31. The quantitative estimate of drug-likeness (QED) is 0.830. The molecule has 2 atom stereocenters. The summed E-state index contributed by atoms with van der Waals surface area (Å²) in [7, 11) is 0. The first kappa shape index (κ1) is 11.6. The molecule has 0 aliphatic carbocycles. The van der Waals surface area contributed by atoms with E-state index >= 15 is 0 Å². The Labute approximate surface area is 103 Å². The Balaban J connectivity index is 1.94. The standard InChI is InChI=1S/C11H16BrNOS/c1-8-5-13(6-9(2)14-8)7-10-3-4-11(12)15-10/h3-4,8-9H,5-7H2,1-2H3/t8-,9+. The van der Waals surface area contributed by atoms with Gasteiger partial charge in [0.1, 0.15) is 0 Å². The van der Waals surface area contributed by atoms with Crippen LogP contribution in [0.4, 0.5) is 0 Å². The van der Waals surface area contributed by atoms with Gasteiger partial charge in [-0.2, -0.15) is 0 Å². The number of halogens is 1. The zero-order valence-electron chi connectivity index (χ0n) is 9.07. The summed E-state index contributed by atoms with van der Waals surface area (Å²) >= 11 is 5.31. The van der Waals surface area contributed by atoms with Crippen LogP contribution >= 0.6 is 27.3 Å². The minimum atomic E-state index is 0.358. The van der Waals surface area contributed by atoms with Crippen molar-refractivity contribution in [3.05, 3.63) is 20.8 Å². The van der Waals surface area contributed by atoms with Gasteiger partial charge in [0.05, 0.1) is 16.0 Å². The summed E-state index contributed by atoms with van der Waals surface area (Å²) in [6.45, 7) is 7.42. The smallest absolute Gasteiger partial charge is 0.0701 e. The Hall–Kier alpha value is 0.1000. The maximum atomic E-state index is 5.71. The third-order valence-corrected chi connectivity index (χ3v) is 4.11. The molecule has 0 bridgehead atoms. The molecule has 1 aromatic rings. The number of hydrogen-bond donors (Lipinski definition) is 0. The summed E-state index contributed by atoms with van der Waals surface area (Å²) in [5.74, 6) is 0. The number of hydrogen-bond acceptors (Lipinski definition) is 3. The lowest BCUT2D eigenvalue weighted by Gasteiger charge is -2.34. The van der Waals surface area contributed by atoms with Crippen molar-refractivity contribution in [2.24, 2.45) is 0 Å². The fourth-order valence-corrected chi connectivity index (χ4v) is 3.60. The number of nitrogens with zero attached hydrogens (tertiary/aromatic N) is 1. The van der Waals surface area contributed by atoms with Gasteiger partial charge in [0.2, 0.25) is 0 Å². The Morgan fingerprint density at radius 1 is 1.40 bits per heavy atom. The average Bonchev–Trinajstić information content (AvgIpc) is 2.49. The zero-order chi connectivity index (χ0) is 10.8. The SMILES string of the molecule is C[C@@H]1CN(Cc2ccc(Br)s2)C[C@H](C)O1. The van der Waals surface area contributed by atoms with Gasteiger partial charge in [-0.25, -0.2) is 0 Å². The molecule has 1 fully saturated rings. The van der Waals surface area contributed by atoms with E-state index in [0.717, 1.165) is 19.6 Å². The molecule has 1 aliphatic rings. The summed E-state index contributed by atoms with van der Waals surface area (Å²) in [5, 5.41) is 0. The second-order valence-electron chi connectivity index (χ2n) is 4.16. The van der Waals surface area contributed by atoms with Gasteiger partial charge in [-0.3, -0.25) is 4.90 Å². The highest BCUT2D eigenvalue weighted by Gasteiger charge is 2.22. The van der Waals surface area contributed by atoms with Crippen LogP contribution in [0.1, 0.15) is 18.7 Å². The second kappa shape index (κ2) is 4.95. The number of thiophene rings is 1. The molecule has 0 saturated carbocycles. The van der Waals surface area contributed by atoms with Crippen LogP contribution in [-0.2, 0) is 11.3 Å². The van der Waals surface area contributed by atoms with E-state index in [-0.39, 0.29) is 0 Å². The van der Waals surface area contributed by atoms with Crippen molar-refractivity contribution in [3.63, 3.8) is 0 Å². The van der Waals surface area contributed by atoms with Crippen LogP contribution in [0, 0.1) is 0 Å². The lowest BCUT2D eigenvalue weighted by molar-refractivity contribution is -0.0702. The van der Waals surface area contributed by atoms with Crippen molar-refractivity contribution >= 4 is 27.3 Å². The van der Waals surface area contributed by atoms with E-state index < -0.39 is 0 Å². The molecule has 2 rings (SSSR count). The molecule has 0 radical (unpaired) electrons. The van der Waals surface area contributed by atoms with Gasteiger partial charge in [-0.15, -0.1) is 11.3 Å². The molecule has 0 unspecified atom stereocenters. The molecule has 15 heavy (non-hydrogen) atoms. The van der Waals surface area contributed by atoms with E-state index in [0.29, 0.717) is 12.2 Å². The normalized spacial score (nSPS) is 28.2. The highest BCUT2D eigenvalue weighted by Crippen LogP contribution is 2.24. The summed E-state index contributed by atoms with van der Waals surface area (Å²) in [5.41, 5.74) is 0. The maximum Gasteiger partial charge on any atom is 0.0701 e. The van der Waals surface area contributed by atoms with E-state index in [9.17, 15) is 0 Å². The minimum Gasteiger partial charge on any atom is -0.373 e. The van der Waals surface area contributed by atoms with Gasteiger partial charge in [-0.05, 0) is 41.9 Å². The predicted molar refractivity (Wildman–Crippen MR) is 67.3 cm³/mol. The van der Waals surface area contributed by atoms with E-state index in [4.69, 9.17) is 4.74 Å². The summed E-state index contributed by atoms with van der Waals surface area (Å²) in [6.07, 6.45) is 0.717. The minimum absolute atomic E-state index is 0.358. The number of morpholine rings is 1. The second-order valence-corrected chi connectivity index (χ2v) is 6.70.